The summed E-state index contributed by atoms with van der Waals surface area (Å²) in [6.07, 6.45) is -1.89. The number of pyridine rings is 1. The SMILES string of the molecule is COC(=O)C1(CNC(=O)c2cnc3c(c2)CN(Cc2ccc(C(F)(F)F)cc2)C3C(C)C)CCOCC1. The maximum Gasteiger partial charge on any atom is 0.416 e. The van der Waals surface area contributed by atoms with Crippen LogP contribution in [0.25, 0.3) is 0 Å². The number of nitrogens with one attached hydrogen (secondary N) is 1. The van der Waals surface area contributed by atoms with Crippen LogP contribution in [0.3, 0.4) is 0 Å². The molecule has 0 aliphatic carbocycles. The molecule has 0 bridgehead atoms. The fourth-order valence-corrected chi connectivity index (χ4v) is 5.24. The van der Waals surface area contributed by atoms with E-state index < -0.39 is 17.2 Å². The first-order chi connectivity index (χ1) is 17.5. The van der Waals surface area contributed by atoms with Crippen molar-refractivity contribution in [2.24, 2.45) is 11.3 Å². The van der Waals surface area contributed by atoms with Gasteiger partial charge in [0.05, 0.1) is 35.4 Å². The molecule has 4 rings (SSSR count). The first-order valence-corrected chi connectivity index (χ1v) is 12.4. The van der Waals surface area contributed by atoms with Crippen molar-refractivity contribution in [2.75, 3.05) is 26.9 Å². The van der Waals surface area contributed by atoms with E-state index in [9.17, 15) is 22.8 Å². The molecule has 0 spiro atoms. The number of esters is 1. The summed E-state index contributed by atoms with van der Waals surface area (Å²) in [5, 5.41) is 2.88. The van der Waals surface area contributed by atoms with E-state index in [1.165, 1.54) is 19.2 Å². The number of nitrogens with zero attached hydrogens (tertiary/aromatic N) is 2. The Morgan fingerprint density at radius 3 is 2.49 bits per heavy atom. The van der Waals surface area contributed by atoms with Crippen LogP contribution in [0.1, 0.15) is 65.5 Å². The van der Waals surface area contributed by atoms with Crippen molar-refractivity contribution in [1.29, 1.82) is 0 Å². The number of carbonyl (C=O) groups is 2. The monoisotopic (exact) mass is 519 g/mol. The van der Waals surface area contributed by atoms with Gasteiger partial charge >= 0.3 is 12.1 Å². The standard InChI is InChI=1S/C27H32F3N3O4/c1-17(2)23-22-20(15-33(23)14-18-4-6-21(7-5-18)27(28,29)30)12-19(13-31-22)24(34)32-16-26(25(35)36-3)8-10-37-11-9-26/h4-7,12-13,17,23H,8-11,14-16H2,1-3H3,(H,32,34). The van der Waals surface area contributed by atoms with Gasteiger partial charge in [0, 0.05) is 39.0 Å². The van der Waals surface area contributed by atoms with Gasteiger partial charge in [0.15, 0.2) is 0 Å². The predicted molar refractivity (Wildman–Crippen MR) is 129 cm³/mol. The largest absolute Gasteiger partial charge is 0.469 e. The molecule has 2 aromatic rings. The van der Waals surface area contributed by atoms with Crippen molar-refractivity contribution in [3.05, 3.63) is 64.5 Å². The molecule has 37 heavy (non-hydrogen) atoms. The van der Waals surface area contributed by atoms with Crippen molar-refractivity contribution in [2.45, 2.75) is 52.0 Å². The Bertz CT molecular complexity index is 1130. The van der Waals surface area contributed by atoms with Crippen LogP contribution in [0.2, 0.25) is 0 Å². The van der Waals surface area contributed by atoms with Crippen LogP contribution >= 0.6 is 0 Å². The number of aromatic nitrogens is 1. The lowest BCUT2D eigenvalue weighted by Gasteiger charge is -2.34. The maximum absolute atomic E-state index is 13.0. The smallest absolute Gasteiger partial charge is 0.416 e. The summed E-state index contributed by atoms with van der Waals surface area (Å²) < 4.78 is 49.2. The number of hydrogen-bond donors (Lipinski definition) is 1. The molecule has 3 heterocycles. The molecule has 1 N–H and O–H groups in total. The normalized spacial score (nSPS) is 19.5. The third-order valence-corrected chi connectivity index (χ3v) is 7.26. The van der Waals surface area contributed by atoms with Crippen molar-refractivity contribution < 1.29 is 32.2 Å². The lowest BCUT2D eigenvalue weighted by Crippen LogP contribution is -2.47. The molecule has 1 atom stereocenters. The molecular formula is C27H32F3N3O4. The highest BCUT2D eigenvalue weighted by Crippen LogP contribution is 2.39. The predicted octanol–water partition coefficient (Wildman–Crippen LogP) is 4.51. The summed E-state index contributed by atoms with van der Waals surface area (Å²) in [5.41, 5.74) is 1.46. The van der Waals surface area contributed by atoms with Crippen LogP contribution in [0.4, 0.5) is 13.2 Å². The number of methoxy groups -OCH3 is 1. The Morgan fingerprint density at radius 1 is 1.22 bits per heavy atom. The van der Waals surface area contributed by atoms with Crippen molar-refractivity contribution in [1.82, 2.24) is 15.2 Å². The highest BCUT2D eigenvalue weighted by atomic mass is 19.4. The van der Waals surface area contributed by atoms with E-state index in [0.717, 1.165) is 29.0 Å². The number of benzene rings is 1. The molecule has 10 heteroatoms. The second-order valence-corrected chi connectivity index (χ2v) is 10.1. The number of alkyl halides is 3. The minimum Gasteiger partial charge on any atom is -0.469 e. The van der Waals surface area contributed by atoms with Crippen LogP contribution in [-0.2, 0) is 33.5 Å². The van der Waals surface area contributed by atoms with Gasteiger partial charge in [-0.3, -0.25) is 19.5 Å². The summed E-state index contributed by atoms with van der Waals surface area (Å²) in [6.45, 7) is 6.13. The van der Waals surface area contributed by atoms with Crippen LogP contribution < -0.4 is 5.32 Å². The molecule has 1 saturated heterocycles. The summed E-state index contributed by atoms with van der Waals surface area (Å²) in [6, 6.07) is 6.99. The van der Waals surface area contributed by atoms with Crippen LogP contribution in [0, 0.1) is 11.3 Å². The first kappa shape index (κ1) is 27.1. The highest BCUT2D eigenvalue weighted by molar-refractivity contribution is 5.94. The lowest BCUT2D eigenvalue weighted by atomic mass is 9.80. The zero-order valence-corrected chi connectivity index (χ0v) is 21.2. The molecule has 1 amide bonds. The molecule has 1 aromatic carbocycles. The summed E-state index contributed by atoms with van der Waals surface area (Å²) in [4.78, 5) is 32.2. The van der Waals surface area contributed by atoms with Gasteiger partial charge in [0.1, 0.15) is 0 Å². The van der Waals surface area contributed by atoms with Gasteiger partial charge in [-0.15, -0.1) is 0 Å². The van der Waals surface area contributed by atoms with Gasteiger partial charge < -0.3 is 14.8 Å². The number of amides is 1. The third-order valence-electron chi connectivity index (χ3n) is 7.26. The number of carbonyl (C=O) groups excluding carboxylic acids is 2. The number of ether oxygens (including phenoxy) is 2. The lowest BCUT2D eigenvalue weighted by molar-refractivity contribution is -0.158. The van der Waals surface area contributed by atoms with E-state index in [1.54, 1.807) is 6.20 Å². The minimum absolute atomic E-state index is 0.0285. The van der Waals surface area contributed by atoms with E-state index in [2.05, 4.69) is 29.0 Å². The van der Waals surface area contributed by atoms with Crippen LogP contribution in [0.15, 0.2) is 36.5 Å². The van der Waals surface area contributed by atoms with E-state index in [-0.39, 0.29) is 30.4 Å². The zero-order valence-electron chi connectivity index (χ0n) is 21.2. The van der Waals surface area contributed by atoms with Gasteiger partial charge in [-0.1, -0.05) is 26.0 Å². The average Bonchev–Trinajstić information content (AvgIpc) is 3.24. The number of rotatable bonds is 7. The Labute approximate surface area is 214 Å². The van der Waals surface area contributed by atoms with Gasteiger partial charge in [-0.05, 0) is 48.1 Å². The number of halogens is 3. The Kier molecular flexibility index (Phi) is 7.89. The minimum atomic E-state index is -4.37. The van der Waals surface area contributed by atoms with Crippen molar-refractivity contribution in [3.63, 3.8) is 0 Å². The average molecular weight is 520 g/mol. The summed E-state index contributed by atoms with van der Waals surface area (Å²) in [7, 11) is 1.34. The first-order valence-electron chi connectivity index (χ1n) is 12.4. The zero-order chi connectivity index (χ0) is 26.8. The highest BCUT2D eigenvalue weighted by Gasteiger charge is 2.42. The fourth-order valence-electron chi connectivity index (χ4n) is 5.24. The quantitative estimate of drug-likeness (QED) is 0.542. The fraction of sp³-hybridized carbons (Fsp3) is 0.519. The van der Waals surface area contributed by atoms with Gasteiger partial charge in [0.2, 0.25) is 0 Å². The van der Waals surface area contributed by atoms with E-state index >= 15 is 0 Å². The van der Waals surface area contributed by atoms with Crippen molar-refractivity contribution >= 4 is 11.9 Å². The number of fused-ring (bicyclic) bond motifs is 1. The molecule has 1 aromatic heterocycles. The Morgan fingerprint density at radius 2 is 1.89 bits per heavy atom. The topological polar surface area (TPSA) is 80.8 Å². The van der Waals surface area contributed by atoms with Gasteiger partial charge in [-0.2, -0.15) is 13.2 Å². The Balaban J connectivity index is 1.47. The summed E-state index contributed by atoms with van der Waals surface area (Å²) >= 11 is 0. The molecular weight excluding hydrogens is 487 g/mol. The molecule has 0 saturated carbocycles. The molecule has 7 nitrogen and oxygen atoms in total. The van der Waals surface area contributed by atoms with E-state index in [0.29, 0.717) is 44.7 Å². The van der Waals surface area contributed by atoms with Crippen molar-refractivity contribution in [3.8, 4) is 0 Å². The molecule has 200 valence electrons. The third kappa shape index (κ3) is 5.80. The molecule has 2 aliphatic heterocycles. The van der Waals surface area contributed by atoms with Gasteiger partial charge in [0.25, 0.3) is 5.91 Å². The molecule has 0 radical (unpaired) electrons. The van der Waals surface area contributed by atoms with E-state index in [4.69, 9.17) is 9.47 Å². The second kappa shape index (κ2) is 10.8. The van der Waals surface area contributed by atoms with Gasteiger partial charge in [-0.25, -0.2) is 0 Å². The Hall–Kier alpha value is -2.98. The molecule has 2 aliphatic rings. The summed E-state index contributed by atoms with van der Waals surface area (Å²) in [5.74, 6) is -0.481. The molecule has 1 fully saturated rings. The maximum atomic E-state index is 13.0. The van der Waals surface area contributed by atoms with Crippen LogP contribution in [-0.4, -0.2) is 48.6 Å². The van der Waals surface area contributed by atoms with Crippen LogP contribution in [0.5, 0.6) is 0 Å². The number of hydrogen-bond acceptors (Lipinski definition) is 6. The second-order valence-electron chi connectivity index (χ2n) is 10.1. The van der Waals surface area contributed by atoms with E-state index in [1.807, 2.05) is 6.07 Å². The molecule has 1 unspecified atom stereocenters.